The van der Waals surface area contributed by atoms with Crippen LogP contribution in [0.25, 0.3) is 0 Å². The number of hydrogen-bond donors (Lipinski definition) is 3. The van der Waals surface area contributed by atoms with E-state index in [0.29, 0.717) is 17.5 Å². The summed E-state index contributed by atoms with van der Waals surface area (Å²) < 4.78 is 10.6. The van der Waals surface area contributed by atoms with Crippen molar-refractivity contribution in [3.63, 3.8) is 0 Å². The molecule has 0 aliphatic carbocycles. The van der Waals surface area contributed by atoms with Crippen LogP contribution in [0.4, 0.5) is 0 Å². The smallest absolute Gasteiger partial charge is 0.161 e. The van der Waals surface area contributed by atoms with Crippen LogP contribution in [0.1, 0.15) is 34.3 Å². The molecule has 2 aliphatic heterocycles. The highest BCUT2D eigenvalue weighted by atomic mass is 16.5. The number of methoxy groups -OCH3 is 2. The summed E-state index contributed by atoms with van der Waals surface area (Å²) in [7, 11) is 5.35. The summed E-state index contributed by atoms with van der Waals surface area (Å²) in [4.78, 5) is 1.41. The van der Waals surface area contributed by atoms with Crippen LogP contribution >= 0.6 is 0 Å². The molecule has 126 valence electrons. The first-order valence-corrected chi connectivity index (χ1v) is 8.16. The van der Waals surface area contributed by atoms with Crippen LogP contribution in [0.3, 0.4) is 0 Å². The average Bonchev–Trinajstić information content (AvgIpc) is 2.56. The maximum Gasteiger partial charge on any atom is 0.161 e. The Hall–Kier alpha value is -2.40. The topological polar surface area (TPSA) is 63.4 Å². The molecule has 1 unspecified atom stereocenters. The summed E-state index contributed by atoms with van der Waals surface area (Å²) in [5.41, 5.74) is 4.79. The lowest BCUT2D eigenvalue weighted by atomic mass is 9.76. The van der Waals surface area contributed by atoms with Gasteiger partial charge in [0.1, 0.15) is 12.1 Å². The van der Waals surface area contributed by atoms with Gasteiger partial charge in [0.25, 0.3) is 0 Å². The van der Waals surface area contributed by atoms with E-state index in [0.717, 1.165) is 18.4 Å². The highest BCUT2D eigenvalue weighted by Gasteiger charge is 2.42. The minimum absolute atomic E-state index is 0.186. The number of quaternary nitrogens is 1. The Morgan fingerprint density at radius 2 is 1.33 bits per heavy atom. The lowest BCUT2D eigenvalue weighted by Gasteiger charge is -2.43. The molecule has 0 saturated heterocycles. The van der Waals surface area contributed by atoms with Gasteiger partial charge in [-0.3, -0.25) is 0 Å². The molecular weight excluding hydrogens is 306 g/mol. The van der Waals surface area contributed by atoms with Crippen LogP contribution in [0.15, 0.2) is 24.3 Å². The SMILES string of the molecule is COc1cc2c(cc1O)[C@H]1Cc3cc(O)c(OC)cc3[C@@H](C2)[NH+]1C. The molecule has 0 saturated carbocycles. The largest absolute Gasteiger partial charge is 0.504 e. The molecule has 2 aliphatic rings. The van der Waals surface area contributed by atoms with Crippen molar-refractivity contribution in [3.8, 4) is 23.0 Å². The minimum atomic E-state index is 0.186. The van der Waals surface area contributed by atoms with Crippen molar-refractivity contribution in [2.24, 2.45) is 0 Å². The van der Waals surface area contributed by atoms with E-state index >= 15 is 0 Å². The van der Waals surface area contributed by atoms with Crippen LogP contribution in [0.5, 0.6) is 23.0 Å². The van der Waals surface area contributed by atoms with Gasteiger partial charge in [-0.25, -0.2) is 0 Å². The number of hydrogen-bond acceptors (Lipinski definition) is 4. The van der Waals surface area contributed by atoms with Gasteiger partial charge in [0.05, 0.1) is 21.3 Å². The molecule has 3 atom stereocenters. The number of phenols is 2. The molecule has 2 heterocycles. The summed E-state index contributed by atoms with van der Waals surface area (Å²) in [6.45, 7) is 0. The van der Waals surface area contributed by atoms with Crippen molar-refractivity contribution in [3.05, 3.63) is 46.5 Å². The van der Waals surface area contributed by atoms with Gasteiger partial charge in [0, 0.05) is 24.0 Å². The molecule has 0 spiro atoms. The Bertz CT molecular complexity index is 817. The molecule has 0 radical (unpaired) electrons. The second kappa shape index (κ2) is 5.31. The normalized spacial score (nSPS) is 24.0. The monoisotopic (exact) mass is 328 g/mol. The van der Waals surface area contributed by atoms with E-state index in [4.69, 9.17) is 9.47 Å². The van der Waals surface area contributed by atoms with Gasteiger partial charge in [0.2, 0.25) is 0 Å². The maximum absolute atomic E-state index is 10.2. The summed E-state index contributed by atoms with van der Waals surface area (Å²) in [6, 6.07) is 8.16. The molecular formula is C19H22NO4+. The number of nitrogens with one attached hydrogen (secondary N) is 1. The Morgan fingerprint density at radius 1 is 0.833 bits per heavy atom. The Balaban J connectivity index is 1.85. The number of rotatable bonds is 2. The Labute approximate surface area is 141 Å². The lowest BCUT2D eigenvalue weighted by molar-refractivity contribution is -0.948. The fraction of sp³-hybridized carbons (Fsp3) is 0.368. The van der Waals surface area contributed by atoms with Crippen molar-refractivity contribution in [2.45, 2.75) is 24.9 Å². The van der Waals surface area contributed by atoms with Crippen molar-refractivity contribution in [2.75, 3.05) is 21.3 Å². The zero-order valence-corrected chi connectivity index (χ0v) is 14.1. The van der Waals surface area contributed by atoms with E-state index < -0.39 is 0 Å². The van der Waals surface area contributed by atoms with E-state index in [1.54, 1.807) is 14.2 Å². The Kier molecular flexibility index (Phi) is 3.35. The number of ether oxygens (including phenoxy) is 2. The lowest BCUT2D eigenvalue weighted by Crippen LogP contribution is -3.11. The fourth-order valence-electron chi connectivity index (χ4n) is 4.30. The van der Waals surface area contributed by atoms with Crippen LogP contribution in [0, 0.1) is 0 Å². The van der Waals surface area contributed by atoms with Gasteiger partial charge < -0.3 is 24.6 Å². The molecule has 5 heteroatoms. The third kappa shape index (κ3) is 2.04. The highest BCUT2D eigenvalue weighted by Crippen LogP contribution is 2.43. The van der Waals surface area contributed by atoms with Crippen LogP contribution in [-0.4, -0.2) is 31.5 Å². The van der Waals surface area contributed by atoms with Crippen LogP contribution in [-0.2, 0) is 12.8 Å². The molecule has 3 N–H and O–H groups in total. The predicted molar refractivity (Wildman–Crippen MR) is 89.1 cm³/mol. The standard InChI is InChI=1S/C19H21NO4/c1-20-14-4-10-6-16(21)19(24-3)9-13(10)15(20)5-11-7-18(23-2)17(22)8-12(11)14/h6-9,14-15,21-22H,4-5H2,1-3H3/p+1/t14-,15-/m1/s1. The first-order valence-electron chi connectivity index (χ1n) is 8.16. The summed E-state index contributed by atoms with van der Waals surface area (Å²) >= 11 is 0. The molecule has 0 fully saturated rings. The third-order valence-corrected chi connectivity index (χ3v) is 5.58. The molecule has 4 rings (SSSR count). The summed E-state index contributed by atoms with van der Waals surface area (Å²) in [5.74, 6) is 1.42. The third-order valence-electron chi connectivity index (χ3n) is 5.58. The molecule has 24 heavy (non-hydrogen) atoms. The number of likely N-dealkylation sites (N-methyl/N-ethyl adjacent to an activating group) is 1. The van der Waals surface area contributed by atoms with E-state index in [-0.39, 0.29) is 17.5 Å². The molecule has 2 aromatic carbocycles. The number of fused-ring (bicyclic) bond motifs is 6. The number of phenolic OH excluding ortho intramolecular Hbond substituents is 2. The zero-order chi connectivity index (χ0) is 17.0. The summed E-state index contributed by atoms with van der Waals surface area (Å²) in [6.07, 6.45) is 1.70. The van der Waals surface area contributed by atoms with Gasteiger partial charge in [-0.15, -0.1) is 0 Å². The second-order valence-electron chi connectivity index (χ2n) is 6.70. The van der Waals surface area contributed by atoms with Crippen molar-refractivity contribution < 1.29 is 24.6 Å². The predicted octanol–water partition coefficient (Wildman–Crippen LogP) is 1.52. The minimum Gasteiger partial charge on any atom is -0.504 e. The first kappa shape index (κ1) is 15.1. The van der Waals surface area contributed by atoms with E-state index in [1.807, 2.05) is 24.3 Å². The highest BCUT2D eigenvalue weighted by molar-refractivity contribution is 5.53. The van der Waals surface area contributed by atoms with E-state index in [2.05, 4.69) is 7.05 Å². The molecule has 5 nitrogen and oxygen atoms in total. The second-order valence-corrected chi connectivity index (χ2v) is 6.70. The van der Waals surface area contributed by atoms with Gasteiger partial charge in [-0.1, -0.05) is 0 Å². The fourth-order valence-corrected chi connectivity index (χ4v) is 4.30. The number of benzene rings is 2. The average molecular weight is 328 g/mol. The molecule has 2 aromatic rings. The van der Waals surface area contributed by atoms with Crippen LogP contribution < -0.4 is 14.4 Å². The van der Waals surface area contributed by atoms with Gasteiger partial charge >= 0.3 is 0 Å². The van der Waals surface area contributed by atoms with Gasteiger partial charge in [0.15, 0.2) is 23.0 Å². The number of aromatic hydroxyl groups is 2. The van der Waals surface area contributed by atoms with E-state index in [1.165, 1.54) is 21.6 Å². The first-order chi connectivity index (χ1) is 11.5. The molecule has 0 aromatic heterocycles. The quantitative estimate of drug-likeness (QED) is 0.782. The van der Waals surface area contributed by atoms with Gasteiger partial charge in [-0.05, 0) is 35.4 Å². The molecule has 0 amide bonds. The van der Waals surface area contributed by atoms with Crippen LogP contribution in [0.2, 0.25) is 0 Å². The van der Waals surface area contributed by atoms with Gasteiger partial charge in [-0.2, -0.15) is 0 Å². The van der Waals surface area contributed by atoms with Crippen molar-refractivity contribution in [1.82, 2.24) is 0 Å². The summed E-state index contributed by atoms with van der Waals surface area (Å²) in [5, 5.41) is 20.3. The van der Waals surface area contributed by atoms with Crippen molar-refractivity contribution in [1.29, 1.82) is 0 Å². The Morgan fingerprint density at radius 3 is 1.96 bits per heavy atom. The van der Waals surface area contributed by atoms with E-state index in [9.17, 15) is 10.2 Å². The van der Waals surface area contributed by atoms with Crippen molar-refractivity contribution >= 4 is 0 Å². The maximum atomic E-state index is 10.2. The molecule has 2 bridgehead atoms. The zero-order valence-electron chi connectivity index (χ0n) is 14.1.